The number of rotatable bonds is 3. The molecule has 4 aromatic rings. The number of hydrogen-bond acceptors (Lipinski definition) is 3. The Labute approximate surface area is 173 Å². The molecule has 4 rings (SSSR count). The highest BCUT2D eigenvalue weighted by Crippen LogP contribution is 2.33. The first kappa shape index (κ1) is 18.7. The Morgan fingerprint density at radius 2 is 1.71 bits per heavy atom. The highest BCUT2D eigenvalue weighted by molar-refractivity contribution is 7.19. The predicted octanol–water partition coefficient (Wildman–Crippen LogP) is 6.79. The number of aromatic nitrogens is 1. The lowest BCUT2D eigenvalue weighted by Crippen LogP contribution is -2.15. The van der Waals surface area contributed by atoms with Crippen LogP contribution in [0.15, 0.2) is 54.6 Å². The Morgan fingerprint density at radius 3 is 2.39 bits per heavy atom. The second-order valence-corrected chi connectivity index (χ2v) is 8.62. The van der Waals surface area contributed by atoms with Crippen LogP contribution in [-0.2, 0) is 0 Å². The van der Waals surface area contributed by atoms with Crippen LogP contribution in [0.5, 0.6) is 0 Å². The van der Waals surface area contributed by atoms with Crippen molar-refractivity contribution in [1.29, 1.82) is 0 Å². The summed E-state index contributed by atoms with van der Waals surface area (Å²) < 4.78 is 0.696. The molecule has 5 heteroatoms. The van der Waals surface area contributed by atoms with Crippen molar-refractivity contribution in [2.24, 2.45) is 0 Å². The molecule has 28 heavy (non-hydrogen) atoms. The fourth-order valence-electron chi connectivity index (χ4n) is 3.50. The van der Waals surface area contributed by atoms with Crippen molar-refractivity contribution in [2.75, 3.05) is 5.32 Å². The lowest BCUT2D eigenvalue weighted by molar-refractivity contribution is 0.102. The van der Waals surface area contributed by atoms with Crippen molar-refractivity contribution in [1.82, 2.24) is 4.98 Å². The third kappa shape index (κ3) is 3.53. The number of nitrogens with one attached hydrogen (secondary N) is 1. The van der Waals surface area contributed by atoms with Gasteiger partial charge in [-0.3, -0.25) is 4.79 Å². The number of aryl methyl sites for hydroxylation is 3. The first-order valence-corrected chi connectivity index (χ1v) is 10.2. The zero-order chi connectivity index (χ0) is 19.8. The van der Waals surface area contributed by atoms with Crippen LogP contribution in [0.2, 0.25) is 4.34 Å². The number of para-hydroxylation sites is 1. The minimum atomic E-state index is -0.141. The molecule has 0 fully saturated rings. The van der Waals surface area contributed by atoms with Crippen LogP contribution in [0, 0.1) is 20.8 Å². The largest absolute Gasteiger partial charge is 0.321 e. The van der Waals surface area contributed by atoms with Crippen LogP contribution in [0.4, 0.5) is 5.69 Å². The zero-order valence-electron chi connectivity index (χ0n) is 15.8. The molecule has 1 N–H and O–H groups in total. The number of carbonyl (C=O) groups excluding carboxylic acids is 1. The minimum Gasteiger partial charge on any atom is -0.321 e. The second kappa shape index (κ2) is 7.38. The van der Waals surface area contributed by atoms with Crippen molar-refractivity contribution in [3.05, 3.63) is 81.2 Å². The van der Waals surface area contributed by atoms with Crippen molar-refractivity contribution in [3.63, 3.8) is 0 Å². The average molecular weight is 407 g/mol. The second-order valence-electron chi connectivity index (χ2n) is 6.90. The maximum Gasteiger partial charge on any atom is 0.256 e. The summed E-state index contributed by atoms with van der Waals surface area (Å²) in [5, 5.41) is 3.94. The summed E-state index contributed by atoms with van der Waals surface area (Å²) in [7, 11) is 0. The molecule has 1 amide bonds. The number of fused-ring (bicyclic) bond motifs is 1. The van der Waals surface area contributed by atoms with Gasteiger partial charge in [0.25, 0.3) is 5.91 Å². The SMILES string of the molecule is Cc1cc(C)c(NC(=O)c2cc(-c3ccc(Cl)s3)nc3ccccc23)c(C)c1. The van der Waals surface area contributed by atoms with E-state index in [1.54, 1.807) is 0 Å². The topological polar surface area (TPSA) is 42.0 Å². The summed E-state index contributed by atoms with van der Waals surface area (Å²) in [6.07, 6.45) is 0. The number of anilines is 1. The molecule has 0 aliphatic heterocycles. The summed E-state index contributed by atoms with van der Waals surface area (Å²) in [4.78, 5) is 18.9. The molecule has 3 nitrogen and oxygen atoms in total. The molecule has 2 aromatic heterocycles. The van der Waals surface area contributed by atoms with E-state index in [9.17, 15) is 4.79 Å². The van der Waals surface area contributed by atoms with Crippen LogP contribution in [0.25, 0.3) is 21.5 Å². The van der Waals surface area contributed by atoms with Crippen LogP contribution >= 0.6 is 22.9 Å². The highest BCUT2D eigenvalue weighted by atomic mass is 35.5. The van der Waals surface area contributed by atoms with Gasteiger partial charge in [0.05, 0.1) is 26.0 Å². The van der Waals surface area contributed by atoms with Crippen LogP contribution in [0.3, 0.4) is 0 Å². The van der Waals surface area contributed by atoms with Crippen molar-refractivity contribution in [3.8, 4) is 10.6 Å². The first-order valence-electron chi connectivity index (χ1n) is 8.97. The Morgan fingerprint density at radius 1 is 1.00 bits per heavy atom. The first-order chi connectivity index (χ1) is 13.4. The van der Waals surface area contributed by atoms with Gasteiger partial charge in [-0.05, 0) is 56.2 Å². The predicted molar refractivity (Wildman–Crippen MR) is 119 cm³/mol. The summed E-state index contributed by atoms with van der Waals surface area (Å²) in [5.74, 6) is -0.141. The van der Waals surface area contributed by atoms with E-state index in [0.29, 0.717) is 9.90 Å². The number of nitrogens with zero attached hydrogens (tertiary/aromatic N) is 1. The summed E-state index contributed by atoms with van der Waals surface area (Å²) >= 11 is 7.55. The molecular formula is C23H19ClN2OS. The molecular weight excluding hydrogens is 388 g/mol. The average Bonchev–Trinajstić information content (AvgIpc) is 3.10. The third-order valence-electron chi connectivity index (χ3n) is 4.70. The highest BCUT2D eigenvalue weighted by Gasteiger charge is 2.16. The van der Waals surface area contributed by atoms with E-state index in [4.69, 9.17) is 16.6 Å². The number of thiophene rings is 1. The van der Waals surface area contributed by atoms with E-state index < -0.39 is 0 Å². The maximum atomic E-state index is 13.2. The molecule has 2 aromatic carbocycles. The number of hydrogen-bond donors (Lipinski definition) is 1. The molecule has 0 aliphatic rings. The van der Waals surface area contributed by atoms with Gasteiger partial charge in [-0.25, -0.2) is 4.98 Å². The van der Waals surface area contributed by atoms with E-state index in [0.717, 1.165) is 38.3 Å². The summed E-state index contributed by atoms with van der Waals surface area (Å²) in [6.45, 7) is 6.08. The monoisotopic (exact) mass is 406 g/mol. The van der Waals surface area contributed by atoms with E-state index in [2.05, 4.69) is 24.4 Å². The van der Waals surface area contributed by atoms with Crippen molar-refractivity contribution in [2.45, 2.75) is 20.8 Å². The van der Waals surface area contributed by atoms with Gasteiger partial charge in [0.2, 0.25) is 0 Å². The molecule has 0 saturated carbocycles. The molecule has 0 atom stereocenters. The van der Waals surface area contributed by atoms with E-state index in [-0.39, 0.29) is 5.91 Å². The third-order valence-corrected chi connectivity index (χ3v) is 5.96. The van der Waals surface area contributed by atoms with Gasteiger partial charge in [-0.2, -0.15) is 0 Å². The lowest BCUT2D eigenvalue weighted by atomic mass is 10.0. The van der Waals surface area contributed by atoms with Gasteiger partial charge in [0.1, 0.15) is 0 Å². The number of halogens is 1. The Kier molecular flexibility index (Phi) is 4.92. The fourth-order valence-corrected chi connectivity index (χ4v) is 4.50. The minimum absolute atomic E-state index is 0.141. The number of pyridine rings is 1. The van der Waals surface area contributed by atoms with Gasteiger partial charge in [0, 0.05) is 11.1 Å². The lowest BCUT2D eigenvalue weighted by Gasteiger charge is -2.14. The van der Waals surface area contributed by atoms with Crippen molar-refractivity contribution < 1.29 is 4.79 Å². The quantitative estimate of drug-likeness (QED) is 0.406. The van der Waals surface area contributed by atoms with Gasteiger partial charge < -0.3 is 5.32 Å². The molecule has 0 unspecified atom stereocenters. The fraction of sp³-hybridized carbons (Fsp3) is 0.130. The molecule has 2 heterocycles. The Hall–Kier alpha value is -2.69. The Bertz CT molecular complexity index is 1190. The normalized spacial score (nSPS) is 11.0. The van der Waals surface area contributed by atoms with Crippen LogP contribution in [0.1, 0.15) is 27.0 Å². The molecule has 0 spiro atoms. The molecule has 0 saturated heterocycles. The van der Waals surface area contributed by atoms with Gasteiger partial charge in [-0.1, -0.05) is 47.5 Å². The molecule has 140 valence electrons. The molecule has 0 bridgehead atoms. The molecule has 0 radical (unpaired) electrons. The standard InChI is InChI=1S/C23H19ClN2OS/c1-13-10-14(2)22(15(3)11-13)26-23(27)17-12-19(20-8-9-21(24)28-20)25-18-7-5-4-6-16(17)18/h4-12H,1-3H3,(H,26,27). The van der Waals surface area contributed by atoms with Crippen molar-refractivity contribution >= 4 is 45.4 Å². The van der Waals surface area contributed by atoms with Gasteiger partial charge in [0.15, 0.2) is 0 Å². The number of carbonyl (C=O) groups is 1. The van der Waals surface area contributed by atoms with Gasteiger partial charge in [-0.15, -0.1) is 11.3 Å². The summed E-state index contributed by atoms with van der Waals surface area (Å²) in [5.41, 5.74) is 6.27. The molecule has 0 aliphatic carbocycles. The Balaban J connectivity index is 1.82. The van der Waals surface area contributed by atoms with Crippen LogP contribution in [-0.4, -0.2) is 10.9 Å². The van der Waals surface area contributed by atoms with Crippen LogP contribution < -0.4 is 5.32 Å². The van der Waals surface area contributed by atoms with Gasteiger partial charge >= 0.3 is 0 Å². The summed E-state index contributed by atoms with van der Waals surface area (Å²) in [6, 6.07) is 17.5. The number of benzene rings is 2. The maximum absolute atomic E-state index is 13.2. The smallest absolute Gasteiger partial charge is 0.256 e. The number of amides is 1. The van der Waals surface area contributed by atoms with E-state index in [1.165, 1.54) is 16.9 Å². The van der Waals surface area contributed by atoms with E-state index >= 15 is 0 Å². The van der Waals surface area contributed by atoms with E-state index in [1.807, 2.05) is 56.3 Å². The zero-order valence-corrected chi connectivity index (χ0v) is 17.4.